The van der Waals surface area contributed by atoms with Gasteiger partial charge in [-0.15, -0.1) is 0 Å². The molecular weight excluding hydrogens is 366 g/mol. The summed E-state index contributed by atoms with van der Waals surface area (Å²) in [4.78, 5) is 43.6. The average molecular weight is 387 g/mol. The van der Waals surface area contributed by atoms with Crippen LogP contribution in [-0.4, -0.2) is 22.7 Å². The van der Waals surface area contributed by atoms with E-state index in [0.29, 0.717) is 11.5 Å². The molecule has 4 atom stereocenters. The van der Waals surface area contributed by atoms with Crippen LogP contribution in [0.4, 0.5) is 11.5 Å². The van der Waals surface area contributed by atoms with E-state index in [-0.39, 0.29) is 47.8 Å². The summed E-state index contributed by atoms with van der Waals surface area (Å²) in [7, 11) is 0. The third-order valence-corrected chi connectivity index (χ3v) is 6.25. The molecule has 2 aromatic rings. The smallest absolute Gasteiger partial charge is 0.238 e. The van der Waals surface area contributed by atoms with Crippen LogP contribution in [0.3, 0.4) is 0 Å². The summed E-state index contributed by atoms with van der Waals surface area (Å²) in [6.07, 6.45) is 8.02. The first-order valence-electron chi connectivity index (χ1n) is 9.98. The monoisotopic (exact) mass is 387 g/mol. The van der Waals surface area contributed by atoms with E-state index in [9.17, 15) is 14.4 Å². The zero-order valence-electron chi connectivity index (χ0n) is 15.8. The van der Waals surface area contributed by atoms with E-state index in [1.807, 2.05) is 0 Å². The molecule has 2 fully saturated rings. The van der Waals surface area contributed by atoms with Crippen molar-refractivity contribution in [1.29, 1.82) is 0 Å². The Morgan fingerprint density at radius 2 is 1.62 bits per heavy atom. The van der Waals surface area contributed by atoms with Gasteiger partial charge in [0.15, 0.2) is 0 Å². The van der Waals surface area contributed by atoms with Crippen molar-refractivity contribution >= 4 is 29.2 Å². The van der Waals surface area contributed by atoms with Gasteiger partial charge in [0.2, 0.25) is 17.7 Å². The molecule has 4 aliphatic rings. The lowest BCUT2D eigenvalue weighted by Crippen LogP contribution is -2.38. The van der Waals surface area contributed by atoms with E-state index >= 15 is 0 Å². The molecule has 146 valence electrons. The molecule has 1 aromatic heterocycles. The molecule has 1 aromatic carbocycles. The summed E-state index contributed by atoms with van der Waals surface area (Å²) in [5, 5.41) is 2.75. The predicted molar refractivity (Wildman–Crippen MR) is 108 cm³/mol. The first kappa shape index (κ1) is 17.8. The van der Waals surface area contributed by atoms with Crippen LogP contribution < -0.4 is 10.2 Å². The van der Waals surface area contributed by atoms with Gasteiger partial charge in [0, 0.05) is 6.20 Å². The first-order chi connectivity index (χ1) is 14.1. The SMILES string of the molecule is O=C(Cc1ccc(N2C(=O)C3C4C=CC(CC4)C3C2=O)cc1)Nc1ccccn1. The number of amides is 3. The molecule has 4 unspecified atom stereocenters. The number of benzene rings is 1. The Balaban J connectivity index is 1.30. The van der Waals surface area contributed by atoms with E-state index in [2.05, 4.69) is 22.5 Å². The maximum atomic E-state index is 13.0. The zero-order valence-corrected chi connectivity index (χ0v) is 15.8. The zero-order chi connectivity index (χ0) is 20.0. The topological polar surface area (TPSA) is 79.4 Å². The second kappa shape index (κ2) is 6.95. The minimum absolute atomic E-state index is 0.0836. The summed E-state index contributed by atoms with van der Waals surface area (Å²) in [5.74, 6) is 0.109. The Bertz CT molecular complexity index is 968. The molecule has 2 heterocycles. The number of anilines is 2. The molecule has 1 saturated heterocycles. The number of carbonyl (C=O) groups is 3. The van der Waals surface area contributed by atoms with Crippen molar-refractivity contribution in [1.82, 2.24) is 4.98 Å². The normalized spacial score (nSPS) is 27.2. The summed E-state index contributed by atoms with van der Waals surface area (Å²) in [6.45, 7) is 0. The highest BCUT2D eigenvalue weighted by molar-refractivity contribution is 6.22. The van der Waals surface area contributed by atoms with Crippen LogP contribution in [0.1, 0.15) is 18.4 Å². The maximum absolute atomic E-state index is 13.0. The number of carbonyl (C=O) groups excluding carboxylic acids is 3. The van der Waals surface area contributed by atoms with Crippen molar-refractivity contribution in [3.8, 4) is 0 Å². The number of rotatable bonds is 4. The fourth-order valence-electron chi connectivity index (χ4n) is 4.90. The fraction of sp³-hybridized carbons (Fsp3) is 0.304. The molecule has 29 heavy (non-hydrogen) atoms. The van der Waals surface area contributed by atoms with Gasteiger partial charge in [-0.25, -0.2) is 4.98 Å². The Hall–Kier alpha value is -3.28. The average Bonchev–Trinajstić information content (AvgIpc) is 3.03. The number of nitrogens with one attached hydrogen (secondary N) is 1. The van der Waals surface area contributed by atoms with Crippen LogP contribution >= 0.6 is 0 Å². The van der Waals surface area contributed by atoms with Gasteiger partial charge < -0.3 is 5.32 Å². The minimum Gasteiger partial charge on any atom is -0.310 e. The molecular formula is C23H21N3O3. The van der Waals surface area contributed by atoms with Crippen LogP contribution in [0.5, 0.6) is 0 Å². The molecule has 3 amide bonds. The highest BCUT2D eigenvalue weighted by Crippen LogP contribution is 2.50. The van der Waals surface area contributed by atoms with E-state index < -0.39 is 0 Å². The minimum atomic E-state index is -0.213. The molecule has 1 aliphatic heterocycles. The molecule has 6 rings (SSSR count). The molecule has 2 bridgehead atoms. The number of allylic oxidation sites excluding steroid dienone is 2. The van der Waals surface area contributed by atoms with Crippen LogP contribution in [0.2, 0.25) is 0 Å². The van der Waals surface area contributed by atoms with Crippen LogP contribution in [0.15, 0.2) is 60.8 Å². The van der Waals surface area contributed by atoms with Gasteiger partial charge in [0.05, 0.1) is 23.9 Å². The standard InChI is InChI=1S/C23H21N3O3/c27-19(25-18-3-1-2-12-24-18)13-14-4-10-17(11-5-14)26-22(28)20-15-6-7-16(9-8-15)21(20)23(26)29/h1-7,10-12,15-16,20-21H,8-9,13H2,(H,24,25,27). The lowest BCUT2D eigenvalue weighted by Gasteiger charge is -2.38. The fourth-order valence-corrected chi connectivity index (χ4v) is 4.90. The lowest BCUT2D eigenvalue weighted by molar-refractivity contribution is -0.124. The van der Waals surface area contributed by atoms with Crippen LogP contribution in [-0.2, 0) is 20.8 Å². The summed E-state index contributed by atoms with van der Waals surface area (Å²) >= 11 is 0. The Kier molecular flexibility index (Phi) is 4.27. The Morgan fingerprint density at radius 3 is 2.17 bits per heavy atom. The number of fused-ring (bicyclic) bond motifs is 1. The van der Waals surface area contributed by atoms with E-state index in [1.165, 1.54) is 4.90 Å². The second-order valence-corrected chi connectivity index (χ2v) is 7.96. The maximum Gasteiger partial charge on any atom is 0.238 e. The molecule has 1 saturated carbocycles. The highest BCUT2D eigenvalue weighted by atomic mass is 16.2. The van der Waals surface area contributed by atoms with E-state index in [1.54, 1.807) is 48.7 Å². The molecule has 6 heteroatoms. The van der Waals surface area contributed by atoms with Crippen molar-refractivity contribution in [3.05, 3.63) is 66.4 Å². The quantitative estimate of drug-likeness (QED) is 0.646. The van der Waals surface area contributed by atoms with Crippen LogP contribution in [0.25, 0.3) is 0 Å². The van der Waals surface area contributed by atoms with Gasteiger partial charge in [0.1, 0.15) is 5.82 Å². The molecule has 0 radical (unpaired) electrons. The molecule has 3 aliphatic carbocycles. The van der Waals surface area contributed by atoms with Crippen LogP contribution in [0, 0.1) is 23.7 Å². The van der Waals surface area contributed by atoms with Gasteiger partial charge in [-0.3, -0.25) is 19.3 Å². The van der Waals surface area contributed by atoms with Gasteiger partial charge in [-0.05, 0) is 54.5 Å². The molecule has 0 spiro atoms. The van der Waals surface area contributed by atoms with E-state index in [0.717, 1.165) is 18.4 Å². The number of hydrogen-bond acceptors (Lipinski definition) is 4. The largest absolute Gasteiger partial charge is 0.310 e. The third-order valence-electron chi connectivity index (χ3n) is 6.25. The van der Waals surface area contributed by atoms with Gasteiger partial charge in [0.25, 0.3) is 0 Å². The van der Waals surface area contributed by atoms with Crippen molar-refractivity contribution in [3.63, 3.8) is 0 Å². The number of aromatic nitrogens is 1. The lowest BCUT2D eigenvalue weighted by atomic mass is 9.63. The van der Waals surface area contributed by atoms with Crippen molar-refractivity contribution < 1.29 is 14.4 Å². The molecule has 1 N–H and O–H groups in total. The van der Waals surface area contributed by atoms with Gasteiger partial charge in [-0.2, -0.15) is 0 Å². The van der Waals surface area contributed by atoms with Crippen molar-refractivity contribution in [2.75, 3.05) is 10.2 Å². The highest BCUT2D eigenvalue weighted by Gasteiger charge is 2.56. The van der Waals surface area contributed by atoms with Crippen molar-refractivity contribution in [2.45, 2.75) is 19.3 Å². The second-order valence-electron chi connectivity index (χ2n) is 7.96. The number of hydrogen-bond donors (Lipinski definition) is 1. The number of imide groups is 1. The summed E-state index contributed by atoms with van der Waals surface area (Å²) in [6, 6.07) is 12.4. The Labute approximate surface area is 168 Å². The predicted octanol–water partition coefficient (Wildman–Crippen LogP) is 2.96. The number of nitrogens with zero attached hydrogens (tertiary/aromatic N) is 2. The summed E-state index contributed by atoms with van der Waals surface area (Å²) in [5.41, 5.74) is 1.39. The van der Waals surface area contributed by atoms with E-state index in [4.69, 9.17) is 0 Å². The van der Waals surface area contributed by atoms with Crippen molar-refractivity contribution in [2.24, 2.45) is 23.7 Å². The Morgan fingerprint density at radius 1 is 0.966 bits per heavy atom. The van der Waals surface area contributed by atoms with Gasteiger partial charge >= 0.3 is 0 Å². The molecule has 6 nitrogen and oxygen atoms in total. The first-order valence-corrected chi connectivity index (χ1v) is 9.98. The third kappa shape index (κ3) is 3.05. The number of pyridine rings is 1. The summed E-state index contributed by atoms with van der Waals surface area (Å²) < 4.78 is 0. The van der Waals surface area contributed by atoms with Gasteiger partial charge in [-0.1, -0.05) is 30.4 Å².